The van der Waals surface area contributed by atoms with Crippen LogP contribution in [0.2, 0.25) is 0 Å². The first kappa shape index (κ1) is 11.2. The zero-order chi connectivity index (χ0) is 11.5. The zero-order valence-corrected chi connectivity index (χ0v) is 9.97. The van der Waals surface area contributed by atoms with Gasteiger partial charge in [0.2, 0.25) is 0 Å². The molecule has 0 saturated heterocycles. The predicted molar refractivity (Wildman–Crippen MR) is 67.6 cm³/mol. The summed E-state index contributed by atoms with van der Waals surface area (Å²) < 4.78 is 13.1. The Hall–Kier alpha value is -1.28. The summed E-state index contributed by atoms with van der Waals surface area (Å²) in [7, 11) is 0. The number of hydrogen-bond donors (Lipinski definition) is 1. The van der Waals surface area contributed by atoms with Gasteiger partial charge in [0.25, 0.3) is 0 Å². The fourth-order valence-corrected chi connectivity index (χ4v) is 1.96. The third kappa shape index (κ3) is 2.64. The zero-order valence-electron chi connectivity index (χ0n) is 9.07. The van der Waals surface area contributed by atoms with Crippen LogP contribution in [0.5, 0.6) is 0 Å². The van der Waals surface area contributed by atoms with Crippen molar-refractivity contribution in [2.75, 3.05) is 0 Å². The molecule has 2 aromatic rings. The molecule has 16 heavy (non-hydrogen) atoms. The molecule has 0 heterocycles. The molecule has 0 aliphatic heterocycles. The van der Waals surface area contributed by atoms with Crippen LogP contribution >= 0.6 is 12.6 Å². The van der Waals surface area contributed by atoms with E-state index >= 15 is 0 Å². The van der Waals surface area contributed by atoms with Crippen LogP contribution in [-0.2, 0) is 6.42 Å². The molecule has 2 heteroatoms. The van der Waals surface area contributed by atoms with Crippen LogP contribution in [-0.4, -0.2) is 0 Å². The van der Waals surface area contributed by atoms with E-state index < -0.39 is 0 Å². The van der Waals surface area contributed by atoms with Gasteiger partial charge in [-0.25, -0.2) is 4.39 Å². The van der Waals surface area contributed by atoms with E-state index in [0.29, 0.717) is 0 Å². The van der Waals surface area contributed by atoms with E-state index in [9.17, 15) is 4.39 Å². The molecule has 0 saturated carbocycles. The lowest BCUT2D eigenvalue weighted by Crippen LogP contribution is -1.91. The van der Waals surface area contributed by atoms with E-state index in [1.54, 1.807) is 12.1 Å². The molecule has 0 amide bonds. The molecule has 0 aliphatic carbocycles. The standard InChI is InChI=1S/C14H13FS/c1-10-3-2-4-11(7-10)8-12-9-13(15)5-6-14(12)16/h2-7,9,16H,8H2,1H3. The Morgan fingerprint density at radius 2 is 1.94 bits per heavy atom. The Morgan fingerprint density at radius 3 is 2.69 bits per heavy atom. The highest BCUT2D eigenvalue weighted by Gasteiger charge is 2.02. The monoisotopic (exact) mass is 232 g/mol. The Balaban J connectivity index is 2.30. The highest BCUT2D eigenvalue weighted by Crippen LogP contribution is 2.19. The topological polar surface area (TPSA) is 0 Å². The van der Waals surface area contributed by atoms with Gasteiger partial charge < -0.3 is 0 Å². The van der Waals surface area contributed by atoms with E-state index in [1.807, 2.05) is 12.1 Å². The van der Waals surface area contributed by atoms with Crippen LogP contribution in [0.25, 0.3) is 0 Å². The second-order valence-electron chi connectivity index (χ2n) is 3.94. The number of thiol groups is 1. The molecule has 2 aromatic carbocycles. The molecule has 0 radical (unpaired) electrons. The van der Waals surface area contributed by atoms with E-state index in [4.69, 9.17) is 0 Å². The lowest BCUT2D eigenvalue weighted by Gasteiger charge is -2.06. The van der Waals surface area contributed by atoms with Gasteiger partial charge in [-0.15, -0.1) is 12.6 Å². The maximum Gasteiger partial charge on any atom is 0.123 e. The van der Waals surface area contributed by atoms with Crippen molar-refractivity contribution < 1.29 is 4.39 Å². The van der Waals surface area contributed by atoms with Crippen molar-refractivity contribution in [1.82, 2.24) is 0 Å². The van der Waals surface area contributed by atoms with E-state index in [-0.39, 0.29) is 5.82 Å². The van der Waals surface area contributed by atoms with Crippen molar-refractivity contribution >= 4 is 12.6 Å². The van der Waals surface area contributed by atoms with Gasteiger partial charge in [0.05, 0.1) is 0 Å². The van der Waals surface area contributed by atoms with Crippen LogP contribution in [0, 0.1) is 12.7 Å². The summed E-state index contributed by atoms with van der Waals surface area (Å²) in [6.45, 7) is 2.05. The number of aryl methyl sites for hydroxylation is 1. The van der Waals surface area contributed by atoms with Crippen molar-refractivity contribution in [1.29, 1.82) is 0 Å². The molecular formula is C14H13FS. The van der Waals surface area contributed by atoms with Gasteiger partial charge in [-0.1, -0.05) is 29.8 Å². The van der Waals surface area contributed by atoms with E-state index in [0.717, 1.165) is 16.9 Å². The third-order valence-electron chi connectivity index (χ3n) is 2.52. The van der Waals surface area contributed by atoms with Gasteiger partial charge in [-0.3, -0.25) is 0 Å². The van der Waals surface area contributed by atoms with Crippen LogP contribution in [0.15, 0.2) is 47.4 Å². The maximum absolute atomic E-state index is 13.1. The van der Waals surface area contributed by atoms with Crippen molar-refractivity contribution in [3.63, 3.8) is 0 Å². The Labute approximate surface area is 101 Å². The van der Waals surface area contributed by atoms with Gasteiger partial charge in [-0.2, -0.15) is 0 Å². The molecule has 0 unspecified atom stereocenters. The first-order valence-corrected chi connectivity index (χ1v) is 5.63. The van der Waals surface area contributed by atoms with Crippen molar-refractivity contribution in [3.05, 3.63) is 65.0 Å². The van der Waals surface area contributed by atoms with Crippen LogP contribution in [0.1, 0.15) is 16.7 Å². The molecule has 0 N–H and O–H groups in total. The molecule has 0 spiro atoms. The highest BCUT2D eigenvalue weighted by molar-refractivity contribution is 7.80. The minimum Gasteiger partial charge on any atom is -0.207 e. The van der Waals surface area contributed by atoms with Crippen LogP contribution < -0.4 is 0 Å². The normalized spacial score (nSPS) is 10.4. The minimum atomic E-state index is -0.208. The van der Waals surface area contributed by atoms with Crippen molar-refractivity contribution in [2.24, 2.45) is 0 Å². The Bertz CT molecular complexity index is 506. The van der Waals surface area contributed by atoms with Crippen molar-refractivity contribution in [2.45, 2.75) is 18.2 Å². The van der Waals surface area contributed by atoms with Gasteiger partial charge in [0, 0.05) is 4.90 Å². The summed E-state index contributed by atoms with van der Waals surface area (Å²) in [5, 5.41) is 0. The second-order valence-corrected chi connectivity index (χ2v) is 4.42. The molecule has 0 fully saturated rings. The summed E-state index contributed by atoms with van der Waals surface area (Å²) in [5.74, 6) is -0.208. The number of rotatable bonds is 2. The van der Waals surface area contributed by atoms with Crippen molar-refractivity contribution in [3.8, 4) is 0 Å². The van der Waals surface area contributed by atoms with E-state index in [1.165, 1.54) is 17.2 Å². The Morgan fingerprint density at radius 1 is 1.12 bits per heavy atom. The molecule has 0 nitrogen and oxygen atoms in total. The van der Waals surface area contributed by atoms with Gasteiger partial charge in [0.15, 0.2) is 0 Å². The average molecular weight is 232 g/mol. The molecule has 2 rings (SSSR count). The van der Waals surface area contributed by atoms with E-state index in [2.05, 4.69) is 31.7 Å². The molecule has 0 bridgehead atoms. The lowest BCUT2D eigenvalue weighted by atomic mass is 10.0. The highest BCUT2D eigenvalue weighted by atomic mass is 32.1. The summed E-state index contributed by atoms with van der Waals surface area (Å²) >= 11 is 4.33. The van der Waals surface area contributed by atoms with Gasteiger partial charge in [0.1, 0.15) is 5.82 Å². The smallest absolute Gasteiger partial charge is 0.123 e. The summed E-state index contributed by atoms with van der Waals surface area (Å²) in [4.78, 5) is 0.836. The lowest BCUT2D eigenvalue weighted by molar-refractivity contribution is 0.624. The number of hydrogen-bond acceptors (Lipinski definition) is 1. The fraction of sp³-hybridized carbons (Fsp3) is 0.143. The molecular weight excluding hydrogens is 219 g/mol. The Kier molecular flexibility index (Phi) is 3.30. The second kappa shape index (κ2) is 4.71. The molecule has 82 valence electrons. The third-order valence-corrected chi connectivity index (χ3v) is 2.95. The van der Waals surface area contributed by atoms with Gasteiger partial charge in [-0.05, 0) is 42.7 Å². The summed E-state index contributed by atoms with van der Waals surface area (Å²) in [6, 6.07) is 12.9. The predicted octanol–water partition coefficient (Wildman–Crippen LogP) is 4.01. The fourth-order valence-electron chi connectivity index (χ4n) is 1.74. The quantitative estimate of drug-likeness (QED) is 0.743. The molecule has 0 aliphatic rings. The van der Waals surface area contributed by atoms with Gasteiger partial charge >= 0.3 is 0 Å². The summed E-state index contributed by atoms with van der Waals surface area (Å²) in [6.07, 6.45) is 0.721. The maximum atomic E-state index is 13.1. The summed E-state index contributed by atoms with van der Waals surface area (Å²) in [5.41, 5.74) is 3.32. The van der Waals surface area contributed by atoms with Crippen LogP contribution in [0.3, 0.4) is 0 Å². The largest absolute Gasteiger partial charge is 0.207 e. The first-order chi connectivity index (χ1) is 7.65. The molecule has 0 atom stereocenters. The number of benzene rings is 2. The average Bonchev–Trinajstić information content (AvgIpc) is 2.24. The number of halogens is 1. The first-order valence-electron chi connectivity index (χ1n) is 5.18. The molecule has 0 aromatic heterocycles. The van der Waals surface area contributed by atoms with Crippen LogP contribution in [0.4, 0.5) is 4.39 Å². The SMILES string of the molecule is Cc1cccc(Cc2cc(F)ccc2S)c1. The minimum absolute atomic E-state index is 0.208.